The zero-order valence-corrected chi connectivity index (χ0v) is 46.1. The highest BCUT2D eigenvalue weighted by Gasteiger charge is 2.93. The van der Waals surface area contributed by atoms with Crippen molar-refractivity contribution in [3.05, 3.63) is 0 Å². The van der Waals surface area contributed by atoms with Crippen molar-refractivity contribution in [2.75, 3.05) is 6.61 Å². The largest absolute Gasteiger partial charge is 0.464 e. The maximum atomic E-state index is 15.1. The number of hydrogen-bond donors (Lipinski definition) is 0. The standard InChI is InChI=1S/C56H106O2S4/c1-9-13-17-21-25-29-33-37-41-48(5)59-55(60-49(6)42-38-34-30-26-22-18-14-10-2)46-53-45-54(55,52(57)58-47-53)56(53,61-50(7)43-39-35-31-27-23-19-15-11-3)62-51(8)44-40-36-32-28-24-20-16-12-4/h48-51H,9-47H2,1-8H3. The minimum atomic E-state index is -0.412. The first kappa shape index (κ1) is 57.2. The maximum absolute atomic E-state index is 15.1. The number of thioether (sulfide) groups is 4. The van der Waals surface area contributed by atoms with Gasteiger partial charge in [0, 0.05) is 26.4 Å². The van der Waals surface area contributed by atoms with E-state index in [1.54, 1.807) is 0 Å². The quantitative estimate of drug-likeness (QED) is 0.0343. The zero-order valence-electron chi connectivity index (χ0n) is 42.8. The molecule has 0 N–H and O–H groups in total. The molecule has 6 unspecified atom stereocenters. The SMILES string of the molecule is CCCCCCCCCCC(C)SC1(SC(C)CCCCCCCCCC)CC23COC(=O)C1(C2)C3(SC(C)CCCCCCCCCC)SC(C)CCCCCCCCCC. The number of fused-ring (bicyclic) bond motifs is 1. The van der Waals surface area contributed by atoms with Crippen molar-refractivity contribution >= 4 is 53.0 Å². The molecule has 2 bridgehead atoms. The summed E-state index contributed by atoms with van der Waals surface area (Å²) in [6.45, 7) is 20.1. The molecule has 366 valence electrons. The zero-order chi connectivity index (χ0) is 45.0. The summed E-state index contributed by atoms with van der Waals surface area (Å²) in [5.41, 5.74) is -0.321. The normalized spacial score (nSPS) is 26.0. The summed E-state index contributed by atoms with van der Waals surface area (Å²) in [7, 11) is 0. The number of rotatable bonds is 44. The molecule has 1 heterocycles. The average Bonchev–Trinajstić information content (AvgIpc) is 3.58. The molecule has 0 aromatic heterocycles. The molecule has 1 aliphatic heterocycles. The fourth-order valence-electron chi connectivity index (χ4n) is 11.6. The van der Waals surface area contributed by atoms with Crippen LogP contribution in [-0.2, 0) is 9.53 Å². The number of carbonyl (C=O) groups excluding carboxylic acids is 1. The fraction of sp³-hybridized carbons (Fsp3) is 0.982. The van der Waals surface area contributed by atoms with Gasteiger partial charge in [0.2, 0.25) is 0 Å². The van der Waals surface area contributed by atoms with E-state index in [9.17, 15) is 0 Å². The Balaban J connectivity index is 1.82. The van der Waals surface area contributed by atoms with Crippen LogP contribution in [0.2, 0.25) is 0 Å². The lowest BCUT2D eigenvalue weighted by molar-refractivity contribution is -0.190. The second kappa shape index (κ2) is 32.6. The summed E-state index contributed by atoms with van der Waals surface area (Å²) in [5, 5.41) is 2.26. The van der Waals surface area contributed by atoms with Crippen LogP contribution in [0.5, 0.6) is 0 Å². The molecule has 0 aromatic carbocycles. The Bertz CT molecular complexity index is 1080. The third-order valence-electron chi connectivity index (χ3n) is 15.3. The van der Waals surface area contributed by atoms with Gasteiger partial charge < -0.3 is 4.74 Å². The van der Waals surface area contributed by atoms with Crippen LogP contribution in [0.15, 0.2) is 0 Å². The lowest BCUT2D eigenvalue weighted by Gasteiger charge is -2.68. The fourth-order valence-corrected chi connectivity index (χ4v) is 21.6. The predicted molar refractivity (Wildman–Crippen MR) is 288 cm³/mol. The molecule has 4 aliphatic rings. The van der Waals surface area contributed by atoms with Crippen LogP contribution >= 0.6 is 47.0 Å². The molecule has 3 aliphatic carbocycles. The van der Waals surface area contributed by atoms with Gasteiger partial charge in [-0.25, -0.2) is 0 Å². The lowest BCUT2D eigenvalue weighted by Crippen LogP contribution is -2.73. The number of ether oxygens (including phenoxy) is 1. The van der Waals surface area contributed by atoms with Crippen molar-refractivity contribution in [1.82, 2.24) is 0 Å². The minimum absolute atomic E-state index is 0.0785. The molecule has 62 heavy (non-hydrogen) atoms. The molecule has 0 aromatic rings. The Kier molecular flexibility index (Phi) is 30.1. The van der Waals surface area contributed by atoms with Gasteiger partial charge in [-0.1, -0.05) is 261 Å². The van der Waals surface area contributed by atoms with E-state index >= 15 is 4.79 Å². The molecule has 4 fully saturated rings. The van der Waals surface area contributed by atoms with Gasteiger partial charge >= 0.3 is 5.97 Å². The van der Waals surface area contributed by atoms with Gasteiger partial charge in [0.15, 0.2) is 0 Å². The van der Waals surface area contributed by atoms with E-state index in [4.69, 9.17) is 4.74 Å². The Hall–Kier alpha value is 0.870. The van der Waals surface area contributed by atoms with E-state index in [2.05, 4.69) is 102 Å². The first-order valence-corrected chi connectivity index (χ1v) is 31.5. The summed E-state index contributed by atoms with van der Waals surface area (Å²) in [6.07, 6.45) is 51.5. The highest BCUT2D eigenvalue weighted by atomic mass is 32.2. The van der Waals surface area contributed by atoms with E-state index in [0.717, 1.165) is 6.42 Å². The summed E-state index contributed by atoms with van der Waals surface area (Å²) in [4.78, 5) is 15.1. The first-order chi connectivity index (χ1) is 30.1. The van der Waals surface area contributed by atoms with Crippen LogP contribution < -0.4 is 0 Å². The second-order valence-corrected chi connectivity index (χ2v) is 28.6. The van der Waals surface area contributed by atoms with Crippen LogP contribution in [0.25, 0.3) is 0 Å². The van der Waals surface area contributed by atoms with Gasteiger partial charge in [0.25, 0.3) is 0 Å². The van der Waals surface area contributed by atoms with E-state index in [1.807, 2.05) is 0 Å². The summed E-state index contributed by atoms with van der Waals surface area (Å²) >= 11 is 9.18. The Morgan fingerprint density at radius 2 is 0.677 bits per heavy atom. The number of cyclic esters (lactones) is 1. The van der Waals surface area contributed by atoms with Crippen molar-refractivity contribution in [1.29, 1.82) is 0 Å². The summed E-state index contributed by atoms with van der Waals surface area (Å²) in [5.74, 6) is 0.189. The molecular formula is C56H106O2S4. The van der Waals surface area contributed by atoms with Gasteiger partial charge in [-0.2, -0.15) is 0 Å². The first-order valence-electron chi connectivity index (χ1n) is 28.0. The van der Waals surface area contributed by atoms with Gasteiger partial charge in [-0.15, -0.1) is 47.0 Å². The lowest BCUT2D eigenvalue weighted by atomic mass is 9.57. The van der Waals surface area contributed by atoms with Gasteiger partial charge in [0.05, 0.1) is 14.8 Å². The van der Waals surface area contributed by atoms with Gasteiger partial charge in [-0.05, 0) is 38.5 Å². The maximum Gasteiger partial charge on any atom is 0.316 e. The molecule has 0 spiro atoms. The number of unbranched alkanes of at least 4 members (excludes halogenated alkanes) is 28. The Morgan fingerprint density at radius 1 is 0.403 bits per heavy atom. The Labute approximate surface area is 406 Å². The molecule has 0 radical (unpaired) electrons. The van der Waals surface area contributed by atoms with E-state index in [1.165, 1.54) is 238 Å². The van der Waals surface area contributed by atoms with Crippen molar-refractivity contribution in [3.63, 3.8) is 0 Å². The molecule has 3 saturated carbocycles. The van der Waals surface area contributed by atoms with Crippen LogP contribution in [0.3, 0.4) is 0 Å². The minimum Gasteiger partial charge on any atom is -0.464 e. The van der Waals surface area contributed by atoms with Gasteiger partial charge in [0.1, 0.15) is 5.41 Å². The number of esters is 1. The highest BCUT2D eigenvalue weighted by molar-refractivity contribution is 8.21. The molecular weight excluding hydrogens is 833 g/mol. The molecule has 6 heteroatoms. The van der Waals surface area contributed by atoms with E-state index < -0.39 is 5.41 Å². The van der Waals surface area contributed by atoms with Crippen molar-refractivity contribution in [2.24, 2.45) is 10.8 Å². The van der Waals surface area contributed by atoms with Crippen molar-refractivity contribution in [3.8, 4) is 0 Å². The van der Waals surface area contributed by atoms with Crippen LogP contribution in [0.4, 0.5) is 0 Å². The van der Waals surface area contributed by atoms with Crippen LogP contribution in [-0.4, -0.2) is 41.7 Å². The number of carbonyl (C=O) groups is 1. The third-order valence-corrected chi connectivity index (χ3v) is 23.0. The molecule has 1 saturated heterocycles. The third kappa shape index (κ3) is 17.4. The molecule has 0 amide bonds. The van der Waals surface area contributed by atoms with E-state index in [-0.39, 0.29) is 19.5 Å². The van der Waals surface area contributed by atoms with E-state index in [0.29, 0.717) is 27.6 Å². The van der Waals surface area contributed by atoms with Crippen LogP contribution in [0.1, 0.15) is 299 Å². The molecule has 2 nitrogen and oxygen atoms in total. The monoisotopic (exact) mass is 939 g/mol. The van der Waals surface area contributed by atoms with Gasteiger partial charge in [-0.3, -0.25) is 4.79 Å². The second-order valence-electron chi connectivity index (χ2n) is 21.3. The highest BCUT2D eigenvalue weighted by Crippen LogP contribution is 2.91. The van der Waals surface area contributed by atoms with Crippen molar-refractivity contribution in [2.45, 2.75) is 329 Å². The topological polar surface area (TPSA) is 26.3 Å². The molecule has 6 atom stereocenters. The predicted octanol–water partition coefficient (Wildman–Crippen LogP) is 20.3. The number of hydrogen-bond acceptors (Lipinski definition) is 6. The Morgan fingerprint density at radius 3 is 0.984 bits per heavy atom. The summed E-state index contributed by atoms with van der Waals surface area (Å²) < 4.78 is 6.29. The summed E-state index contributed by atoms with van der Waals surface area (Å²) in [6, 6.07) is 0. The molecule has 4 rings (SSSR count). The van der Waals surface area contributed by atoms with Crippen LogP contribution in [0, 0.1) is 10.8 Å². The smallest absolute Gasteiger partial charge is 0.316 e. The average molecular weight is 940 g/mol. The van der Waals surface area contributed by atoms with Crippen molar-refractivity contribution < 1.29 is 9.53 Å².